The molecule has 1 aliphatic heterocycles. The Morgan fingerprint density at radius 3 is 2.79 bits per heavy atom. The fourth-order valence-corrected chi connectivity index (χ4v) is 3.10. The summed E-state index contributed by atoms with van der Waals surface area (Å²) in [6.07, 6.45) is 4.15. The fraction of sp³-hybridized carbons (Fsp3) is 0.611. The summed E-state index contributed by atoms with van der Waals surface area (Å²) in [5.74, 6) is 0.895. The van der Waals surface area contributed by atoms with E-state index < -0.39 is 0 Å². The first-order valence-electron chi connectivity index (χ1n) is 8.70. The Hall–Kier alpha value is -2.11. The Labute approximate surface area is 143 Å². The number of carbonyl (C=O) groups excluding carboxylic acids is 2. The topological polar surface area (TPSA) is 65.5 Å². The molecule has 1 N–H and O–H groups in total. The minimum absolute atomic E-state index is 0.0483. The monoisotopic (exact) mass is 330 g/mol. The molecular formula is C18H26N4O2. The van der Waals surface area contributed by atoms with Gasteiger partial charge in [-0.1, -0.05) is 19.9 Å². The number of carbonyl (C=O) groups is 2. The van der Waals surface area contributed by atoms with Crippen LogP contribution in [0.2, 0.25) is 0 Å². The van der Waals surface area contributed by atoms with E-state index in [1.54, 1.807) is 16.0 Å². The van der Waals surface area contributed by atoms with Gasteiger partial charge >= 0.3 is 6.03 Å². The van der Waals surface area contributed by atoms with Gasteiger partial charge in [-0.25, -0.2) is 4.79 Å². The number of aromatic nitrogens is 1. The maximum absolute atomic E-state index is 12.6. The van der Waals surface area contributed by atoms with Crippen LogP contribution in [0.3, 0.4) is 0 Å². The van der Waals surface area contributed by atoms with Gasteiger partial charge in [0.2, 0.25) is 5.91 Å². The smallest absolute Gasteiger partial charge is 0.319 e. The highest BCUT2D eigenvalue weighted by molar-refractivity contribution is 5.87. The lowest BCUT2D eigenvalue weighted by Crippen LogP contribution is -2.43. The number of rotatable bonds is 5. The van der Waals surface area contributed by atoms with Gasteiger partial charge in [-0.15, -0.1) is 0 Å². The third-order valence-corrected chi connectivity index (χ3v) is 4.77. The minimum atomic E-state index is -0.189. The molecule has 1 aliphatic carbocycles. The van der Waals surface area contributed by atoms with Crippen molar-refractivity contribution in [1.82, 2.24) is 20.1 Å². The number of hydrogen-bond acceptors (Lipinski definition) is 3. The summed E-state index contributed by atoms with van der Waals surface area (Å²) in [6.45, 7) is 7.48. The number of aryl methyl sites for hydroxylation is 1. The highest BCUT2D eigenvalue weighted by Crippen LogP contribution is 2.30. The van der Waals surface area contributed by atoms with E-state index in [4.69, 9.17) is 0 Å². The van der Waals surface area contributed by atoms with Gasteiger partial charge in [0.15, 0.2) is 0 Å². The van der Waals surface area contributed by atoms with E-state index in [9.17, 15) is 9.59 Å². The molecule has 1 aromatic rings. The van der Waals surface area contributed by atoms with E-state index in [0.717, 1.165) is 17.8 Å². The Morgan fingerprint density at radius 1 is 1.42 bits per heavy atom. The molecule has 1 saturated carbocycles. The van der Waals surface area contributed by atoms with Crippen LogP contribution in [0, 0.1) is 18.8 Å². The summed E-state index contributed by atoms with van der Waals surface area (Å²) >= 11 is 0. The van der Waals surface area contributed by atoms with Crippen molar-refractivity contribution in [3.05, 3.63) is 29.6 Å². The summed E-state index contributed by atoms with van der Waals surface area (Å²) < 4.78 is 0. The maximum Gasteiger partial charge on any atom is 0.319 e. The molecule has 6 nitrogen and oxygen atoms in total. The fourth-order valence-electron chi connectivity index (χ4n) is 3.10. The molecule has 3 amide bonds. The number of pyridine rings is 1. The molecule has 3 rings (SSSR count). The second-order valence-corrected chi connectivity index (χ2v) is 7.28. The number of urea groups is 1. The Kier molecular flexibility index (Phi) is 4.73. The van der Waals surface area contributed by atoms with Crippen LogP contribution >= 0.6 is 0 Å². The molecule has 1 atom stereocenters. The van der Waals surface area contributed by atoms with Crippen molar-refractivity contribution in [1.29, 1.82) is 0 Å². The first-order valence-corrected chi connectivity index (χ1v) is 8.70. The first-order chi connectivity index (χ1) is 11.5. The Bertz CT molecular complexity index is 627. The summed E-state index contributed by atoms with van der Waals surface area (Å²) in [6, 6.07) is 3.55. The molecule has 2 aliphatic rings. The van der Waals surface area contributed by atoms with Crippen LogP contribution in [0.1, 0.15) is 44.0 Å². The van der Waals surface area contributed by atoms with E-state index in [-0.39, 0.29) is 30.4 Å². The minimum Gasteiger partial charge on any atom is -0.329 e. The van der Waals surface area contributed by atoms with Crippen LogP contribution in [0.15, 0.2) is 18.3 Å². The van der Waals surface area contributed by atoms with Gasteiger partial charge < -0.3 is 10.2 Å². The third-order valence-electron chi connectivity index (χ3n) is 4.77. The van der Waals surface area contributed by atoms with Gasteiger partial charge in [-0.3, -0.25) is 14.7 Å². The standard InChI is InChI=1S/C18H26N4O2/c1-12(2)16(17-13(3)5-4-8-19-17)20-18(24)22-10-15(23)21(11-22)9-14-6-7-14/h4-5,8,12,14,16H,6-7,9-11H2,1-3H3,(H,20,24). The molecule has 24 heavy (non-hydrogen) atoms. The van der Waals surface area contributed by atoms with E-state index in [0.29, 0.717) is 12.6 Å². The molecule has 1 aromatic heterocycles. The lowest BCUT2D eigenvalue weighted by Gasteiger charge is -2.26. The van der Waals surface area contributed by atoms with Gasteiger partial charge in [0.25, 0.3) is 0 Å². The van der Waals surface area contributed by atoms with Crippen molar-refractivity contribution in [3.8, 4) is 0 Å². The lowest BCUT2D eigenvalue weighted by atomic mass is 9.97. The maximum atomic E-state index is 12.6. The lowest BCUT2D eigenvalue weighted by molar-refractivity contribution is -0.126. The molecule has 2 heterocycles. The molecule has 6 heteroatoms. The molecule has 0 bridgehead atoms. The van der Waals surface area contributed by atoms with Crippen LogP contribution in [0.4, 0.5) is 4.79 Å². The zero-order chi connectivity index (χ0) is 17.3. The van der Waals surface area contributed by atoms with Crippen LogP contribution in [-0.2, 0) is 4.79 Å². The second kappa shape index (κ2) is 6.79. The summed E-state index contributed by atoms with van der Waals surface area (Å²) in [5.41, 5.74) is 1.95. The molecule has 0 spiro atoms. The predicted molar refractivity (Wildman–Crippen MR) is 91.1 cm³/mol. The van der Waals surface area contributed by atoms with Crippen LogP contribution in [0.5, 0.6) is 0 Å². The molecule has 130 valence electrons. The average molecular weight is 330 g/mol. The number of amides is 3. The summed E-state index contributed by atoms with van der Waals surface area (Å²) in [4.78, 5) is 32.6. The van der Waals surface area contributed by atoms with Crippen molar-refractivity contribution in [2.45, 2.75) is 39.7 Å². The number of nitrogens with one attached hydrogen (secondary N) is 1. The van der Waals surface area contributed by atoms with Crippen LogP contribution in [-0.4, -0.2) is 46.5 Å². The van der Waals surface area contributed by atoms with Crippen molar-refractivity contribution in [2.24, 2.45) is 11.8 Å². The number of nitrogens with zero attached hydrogens (tertiary/aromatic N) is 3. The Morgan fingerprint density at radius 2 is 2.17 bits per heavy atom. The van der Waals surface area contributed by atoms with E-state index >= 15 is 0 Å². The van der Waals surface area contributed by atoms with E-state index in [1.807, 2.05) is 19.1 Å². The quantitative estimate of drug-likeness (QED) is 0.901. The third kappa shape index (κ3) is 3.68. The molecular weight excluding hydrogens is 304 g/mol. The summed E-state index contributed by atoms with van der Waals surface area (Å²) in [7, 11) is 0. The van der Waals surface area contributed by atoms with E-state index in [2.05, 4.69) is 24.1 Å². The largest absolute Gasteiger partial charge is 0.329 e. The second-order valence-electron chi connectivity index (χ2n) is 7.28. The van der Waals surface area contributed by atoms with Crippen molar-refractivity contribution in [2.75, 3.05) is 19.8 Å². The first kappa shape index (κ1) is 16.7. The zero-order valence-electron chi connectivity index (χ0n) is 14.7. The average Bonchev–Trinajstić information content (AvgIpc) is 3.28. The highest BCUT2D eigenvalue weighted by atomic mass is 16.2. The van der Waals surface area contributed by atoms with Gasteiger partial charge in [0.1, 0.15) is 6.54 Å². The molecule has 0 radical (unpaired) electrons. The summed E-state index contributed by atoms with van der Waals surface area (Å²) in [5, 5.41) is 3.07. The van der Waals surface area contributed by atoms with E-state index in [1.165, 1.54) is 12.8 Å². The Balaban J connectivity index is 1.66. The molecule has 0 aromatic carbocycles. The van der Waals surface area contributed by atoms with Crippen molar-refractivity contribution in [3.63, 3.8) is 0 Å². The molecule has 2 fully saturated rings. The van der Waals surface area contributed by atoms with Gasteiger partial charge in [0.05, 0.1) is 18.4 Å². The highest BCUT2D eigenvalue weighted by Gasteiger charge is 2.35. The van der Waals surface area contributed by atoms with Crippen molar-refractivity contribution >= 4 is 11.9 Å². The van der Waals surface area contributed by atoms with Crippen molar-refractivity contribution < 1.29 is 9.59 Å². The number of hydrogen-bond donors (Lipinski definition) is 1. The normalized spacial score (nSPS) is 19.1. The van der Waals surface area contributed by atoms with Crippen LogP contribution in [0.25, 0.3) is 0 Å². The predicted octanol–water partition coefficient (Wildman–Crippen LogP) is 2.31. The molecule has 1 saturated heterocycles. The van der Waals surface area contributed by atoms with Gasteiger partial charge in [-0.05, 0) is 43.2 Å². The van der Waals surface area contributed by atoms with Gasteiger partial charge in [-0.2, -0.15) is 0 Å². The van der Waals surface area contributed by atoms with Crippen LogP contribution < -0.4 is 5.32 Å². The van der Waals surface area contributed by atoms with Gasteiger partial charge in [0, 0.05) is 12.7 Å². The SMILES string of the molecule is Cc1cccnc1C(NC(=O)N1CC(=O)N(CC2CC2)C1)C(C)C. The zero-order valence-corrected chi connectivity index (χ0v) is 14.7. The molecule has 1 unspecified atom stereocenters.